The van der Waals surface area contributed by atoms with Crippen molar-refractivity contribution in [3.8, 4) is 0 Å². The van der Waals surface area contributed by atoms with Gasteiger partial charge in [0.05, 0.1) is 13.0 Å². The summed E-state index contributed by atoms with van der Waals surface area (Å²) >= 11 is 0. The first-order valence-corrected chi connectivity index (χ1v) is 7.91. The Morgan fingerprint density at radius 1 is 1.33 bits per heavy atom. The highest BCUT2D eigenvalue weighted by Gasteiger charge is 2.26. The van der Waals surface area contributed by atoms with E-state index in [1.807, 2.05) is 6.92 Å². The fraction of sp³-hybridized carbons (Fsp3) is 0.867. The third-order valence-corrected chi connectivity index (χ3v) is 3.58. The van der Waals surface area contributed by atoms with Gasteiger partial charge in [-0.25, -0.2) is 0 Å². The Morgan fingerprint density at radius 2 is 2.05 bits per heavy atom. The molecule has 1 aliphatic rings. The highest BCUT2D eigenvalue weighted by molar-refractivity contribution is 5.80. The molecular formula is C15H29N3O3. The van der Waals surface area contributed by atoms with Crippen LogP contribution in [0.1, 0.15) is 33.1 Å². The molecule has 0 spiro atoms. The lowest BCUT2D eigenvalue weighted by molar-refractivity contribution is -0.146. The Hall–Kier alpha value is -1.30. The molecule has 21 heavy (non-hydrogen) atoms. The zero-order chi connectivity index (χ0) is 15.5. The summed E-state index contributed by atoms with van der Waals surface area (Å²) in [6.45, 7) is 8.87. The Balaban J connectivity index is 2.42. The van der Waals surface area contributed by atoms with Crippen molar-refractivity contribution in [3.63, 3.8) is 0 Å². The minimum atomic E-state index is -0.0895. The first-order valence-electron chi connectivity index (χ1n) is 7.91. The second-order valence-electron chi connectivity index (χ2n) is 5.07. The van der Waals surface area contributed by atoms with Crippen LogP contribution in [-0.2, 0) is 14.3 Å². The molecule has 1 heterocycles. The largest absolute Gasteiger partial charge is 0.469 e. The minimum Gasteiger partial charge on any atom is -0.469 e. The SMILES string of the molecule is CCNC(=NCCCOCC)N1CCC(C(=O)OC)CC1. The van der Waals surface area contributed by atoms with Gasteiger partial charge in [0.25, 0.3) is 0 Å². The second-order valence-corrected chi connectivity index (χ2v) is 5.07. The number of methoxy groups -OCH3 is 1. The van der Waals surface area contributed by atoms with Gasteiger partial charge in [-0.05, 0) is 33.1 Å². The highest BCUT2D eigenvalue weighted by Crippen LogP contribution is 2.18. The number of rotatable bonds is 7. The van der Waals surface area contributed by atoms with Gasteiger partial charge >= 0.3 is 5.97 Å². The van der Waals surface area contributed by atoms with Gasteiger partial charge in [0.1, 0.15) is 0 Å². The number of nitrogens with one attached hydrogen (secondary N) is 1. The summed E-state index contributed by atoms with van der Waals surface area (Å²) in [6.07, 6.45) is 2.59. The zero-order valence-corrected chi connectivity index (χ0v) is 13.6. The molecule has 6 heteroatoms. The molecule has 0 atom stereocenters. The molecule has 0 aromatic carbocycles. The second kappa shape index (κ2) is 10.4. The number of hydrogen-bond donors (Lipinski definition) is 1. The average Bonchev–Trinajstić information content (AvgIpc) is 2.53. The van der Waals surface area contributed by atoms with Gasteiger partial charge in [-0.1, -0.05) is 0 Å². The van der Waals surface area contributed by atoms with Crippen molar-refractivity contribution in [2.45, 2.75) is 33.1 Å². The van der Waals surface area contributed by atoms with E-state index in [0.29, 0.717) is 0 Å². The molecule has 1 saturated heterocycles. The maximum absolute atomic E-state index is 11.5. The molecule has 0 amide bonds. The average molecular weight is 299 g/mol. The molecule has 1 N–H and O–H groups in total. The number of ether oxygens (including phenoxy) is 2. The summed E-state index contributed by atoms with van der Waals surface area (Å²) in [6, 6.07) is 0. The van der Waals surface area contributed by atoms with E-state index < -0.39 is 0 Å². The van der Waals surface area contributed by atoms with E-state index in [9.17, 15) is 4.79 Å². The maximum Gasteiger partial charge on any atom is 0.308 e. The summed E-state index contributed by atoms with van der Waals surface area (Å²) in [5, 5.41) is 3.32. The first kappa shape index (κ1) is 17.8. The van der Waals surface area contributed by atoms with E-state index in [4.69, 9.17) is 9.47 Å². The number of esters is 1. The van der Waals surface area contributed by atoms with Crippen molar-refractivity contribution in [2.75, 3.05) is 46.5 Å². The van der Waals surface area contributed by atoms with E-state index in [1.165, 1.54) is 7.11 Å². The van der Waals surface area contributed by atoms with Crippen molar-refractivity contribution in [1.82, 2.24) is 10.2 Å². The van der Waals surface area contributed by atoms with E-state index >= 15 is 0 Å². The summed E-state index contributed by atoms with van der Waals surface area (Å²) in [7, 11) is 1.46. The van der Waals surface area contributed by atoms with Crippen LogP contribution in [0.2, 0.25) is 0 Å². The van der Waals surface area contributed by atoms with Crippen LogP contribution in [0.4, 0.5) is 0 Å². The van der Waals surface area contributed by atoms with Gasteiger partial charge < -0.3 is 19.7 Å². The smallest absolute Gasteiger partial charge is 0.308 e. The lowest BCUT2D eigenvalue weighted by Gasteiger charge is -2.33. The molecular weight excluding hydrogens is 270 g/mol. The van der Waals surface area contributed by atoms with Crippen LogP contribution >= 0.6 is 0 Å². The number of piperidine rings is 1. The number of hydrogen-bond acceptors (Lipinski definition) is 4. The Morgan fingerprint density at radius 3 is 2.62 bits per heavy atom. The Kier molecular flexibility index (Phi) is 8.82. The lowest BCUT2D eigenvalue weighted by atomic mass is 9.97. The minimum absolute atomic E-state index is 0.0343. The quantitative estimate of drug-likeness (QED) is 0.332. The summed E-state index contributed by atoms with van der Waals surface area (Å²) in [4.78, 5) is 18.4. The maximum atomic E-state index is 11.5. The van der Waals surface area contributed by atoms with Crippen molar-refractivity contribution < 1.29 is 14.3 Å². The van der Waals surface area contributed by atoms with E-state index in [2.05, 4.69) is 22.1 Å². The van der Waals surface area contributed by atoms with Crippen molar-refractivity contribution >= 4 is 11.9 Å². The van der Waals surface area contributed by atoms with Crippen LogP contribution in [-0.4, -0.2) is 63.3 Å². The molecule has 0 aromatic heterocycles. The van der Waals surface area contributed by atoms with Crippen LogP contribution in [0, 0.1) is 5.92 Å². The third kappa shape index (κ3) is 6.33. The predicted molar refractivity (Wildman–Crippen MR) is 83.4 cm³/mol. The molecule has 1 aliphatic heterocycles. The van der Waals surface area contributed by atoms with Gasteiger partial charge in [0.2, 0.25) is 0 Å². The van der Waals surface area contributed by atoms with Crippen LogP contribution < -0.4 is 5.32 Å². The zero-order valence-electron chi connectivity index (χ0n) is 13.6. The Bertz CT molecular complexity index is 326. The fourth-order valence-corrected chi connectivity index (χ4v) is 2.42. The van der Waals surface area contributed by atoms with Crippen LogP contribution in [0.5, 0.6) is 0 Å². The highest BCUT2D eigenvalue weighted by atomic mass is 16.5. The van der Waals surface area contributed by atoms with Crippen molar-refractivity contribution in [2.24, 2.45) is 10.9 Å². The summed E-state index contributed by atoms with van der Waals surface area (Å²) in [5.74, 6) is 0.887. The molecule has 0 bridgehead atoms. The van der Waals surface area contributed by atoms with Gasteiger partial charge in [-0.3, -0.25) is 9.79 Å². The third-order valence-electron chi connectivity index (χ3n) is 3.58. The first-order chi connectivity index (χ1) is 10.2. The number of aliphatic imine (C=N–C) groups is 1. The van der Waals surface area contributed by atoms with E-state index in [-0.39, 0.29) is 11.9 Å². The van der Waals surface area contributed by atoms with Gasteiger partial charge in [0, 0.05) is 39.4 Å². The van der Waals surface area contributed by atoms with Crippen molar-refractivity contribution in [3.05, 3.63) is 0 Å². The summed E-state index contributed by atoms with van der Waals surface area (Å²) in [5.41, 5.74) is 0. The van der Waals surface area contributed by atoms with Gasteiger partial charge in [-0.2, -0.15) is 0 Å². The molecule has 1 rings (SSSR count). The molecule has 0 unspecified atom stereocenters. The van der Waals surface area contributed by atoms with Crippen LogP contribution in [0.25, 0.3) is 0 Å². The summed E-state index contributed by atoms with van der Waals surface area (Å²) < 4.78 is 10.1. The standard InChI is InChI=1S/C15H29N3O3/c1-4-16-15(17-9-6-12-21-5-2)18-10-7-13(8-11-18)14(19)20-3/h13H,4-12H2,1-3H3,(H,16,17). The van der Waals surface area contributed by atoms with Crippen LogP contribution in [0.15, 0.2) is 4.99 Å². The molecule has 0 radical (unpaired) electrons. The van der Waals surface area contributed by atoms with Crippen LogP contribution in [0.3, 0.4) is 0 Å². The lowest BCUT2D eigenvalue weighted by Crippen LogP contribution is -2.46. The molecule has 0 saturated carbocycles. The molecule has 6 nitrogen and oxygen atoms in total. The molecule has 1 fully saturated rings. The predicted octanol–water partition coefficient (Wildman–Crippen LogP) is 1.26. The number of carbonyl (C=O) groups excluding carboxylic acids is 1. The topological polar surface area (TPSA) is 63.2 Å². The number of guanidine groups is 1. The monoisotopic (exact) mass is 299 g/mol. The van der Waals surface area contributed by atoms with Crippen molar-refractivity contribution in [1.29, 1.82) is 0 Å². The number of likely N-dealkylation sites (tertiary alicyclic amines) is 1. The molecule has 0 aliphatic carbocycles. The van der Waals surface area contributed by atoms with Gasteiger partial charge in [0.15, 0.2) is 5.96 Å². The van der Waals surface area contributed by atoms with E-state index in [1.54, 1.807) is 0 Å². The number of carbonyl (C=O) groups is 1. The van der Waals surface area contributed by atoms with Gasteiger partial charge in [-0.15, -0.1) is 0 Å². The normalized spacial score (nSPS) is 16.9. The fourth-order valence-electron chi connectivity index (χ4n) is 2.42. The Labute approximate surface area is 127 Å². The molecule has 122 valence electrons. The van der Waals surface area contributed by atoms with E-state index in [0.717, 1.165) is 64.6 Å². The number of nitrogens with zero attached hydrogens (tertiary/aromatic N) is 2. The molecule has 0 aromatic rings.